The van der Waals surface area contributed by atoms with Crippen LogP contribution in [0.15, 0.2) is 288 Å². The number of aryl methyl sites for hydroxylation is 5. The van der Waals surface area contributed by atoms with Crippen LogP contribution >= 0.6 is 0 Å². The minimum absolute atomic E-state index is 0.0448. The molecule has 0 fully saturated rings. The fourth-order valence-electron chi connectivity index (χ4n) is 16.9. The summed E-state index contributed by atoms with van der Waals surface area (Å²) in [5.74, 6) is 1.74. The second-order valence-electron chi connectivity index (χ2n) is 30.4. The van der Waals surface area contributed by atoms with E-state index in [-0.39, 0.29) is 17.5 Å². The molecule has 0 bridgehead atoms. The first-order valence-corrected chi connectivity index (χ1v) is 35.8. The Hall–Kier alpha value is -11.8. The summed E-state index contributed by atoms with van der Waals surface area (Å²) in [5.41, 5.74) is 33.7. The third-order valence-corrected chi connectivity index (χ3v) is 21.5. The molecule has 13 aromatic carbocycles. The van der Waals surface area contributed by atoms with E-state index in [0.717, 1.165) is 140 Å². The van der Waals surface area contributed by atoms with Crippen LogP contribution in [0, 0.1) is 34.6 Å². The maximum absolute atomic E-state index is 7.02. The minimum atomic E-state index is -0.152. The zero-order chi connectivity index (χ0) is 69.6. The minimum Gasteiger partial charge on any atom is -0.455 e. The Kier molecular flexibility index (Phi) is 14.5. The summed E-state index contributed by atoms with van der Waals surface area (Å²) in [4.78, 5) is 7.74. The molecule has 0 aliphatic carbocycles. The van der Waals surface area contributed by atoms with Gasteiger partial charge in [-0.2, -0.15) is 0 Å². The molecule has 102 heavy (non-hydrogen) atoms. The summed E-state index contributed by atoms with van der Waals surface area (Å²) in [7, 11) is 0. The van der Waals surface area contributed by atoms with Crippen molar-refractivity contribution in [3.05, 3.63) is 318 Å². The molecule has 494 valence electrons. The quantitative estimate of drug-likeness (QED) is 0.128. The van der Waals surface area contributed by atoms with E-state index in [1.165, 1.54) is 60.7 Å². The van der Waals surface area contributed by atoms with Crippen LogP contribution in [0.3, 0.4) is 0 Å². The molecular weight excluding hydrogens is 1240 g/mol. The van der Waals surface area contributed by atoms with Crippen molar-refractivity contribution >= 4 is 118 Å². The van der Waals surface area contributed by atoms with Crippen LogP contribution in [0.2, 0.25) is 0 Å². The molecule has 16 aromatic rings. The van der Waals surface area contributed by atoms with Crippen molar-refractivity contribution in [2.45, 2.75) is 87.0 Å². The molecule has 0 saturated heterocycles. The van der Waals surface area contributed by atoms with Gasteiger partial charge in [-0.1, -0.05) is 211 Å². The van der Waals surface area contributed by atoms with Crippen LogP contribution in [0.1, 0.15) is 80.5 Å². The molecule has 6 nitrogen and oxygen atoms in total. The molecule has 0 saturated carbocycles. The van der Waals surface area contributed by atoms with Crippen LogP contribution in [-0.4, -0.2) is 11.3 Å². The van der Waals surface area contributed by atoms with E-state index < -0.39 is 0 Å². The van der Waals surface area contributed by atoms with Crippen molar-refractivity contribution in [3.8, 4) is 50.6 Å². The molecule has 18 rings (SSSR count). The molecule has 2 aliphatic rings. The number of hydrogen-bond acceptors (Lipinski definition) is 5. The summed E-state index contributed by atoms with van der Waals surface area (Å²) in [6.07, 6.45) is 0. The van der Waals surface area contributed by atoms with Crippen molar-refractivity contribution in [2.24, 2.45) is 0 Å². The lowest BCUT2D eigenvalue weighted by molar-refractivity contribution is 0.590. The van der Waals surface area contributed by atoms with Gasteiger partial charge in [0.15, 0.2) is 0 Å². The second kappa shape index (κ2) is 23.7. The van der Waals surface area contributed by atoms with Gasteiger partial charge in [0, 0.05) is 89.3 Å². The smallest absolute Gasteiger partial charge is 0.252 e. The van der Waals surface area contributed by atoms with Crippen LogP contribution in [-0.2, 0) is 10.8 Å². The van der Waals surface area contributed by atoms with Gasteiger partial charge in [0.1, 0.15) is 22.7 Å². The van der Waals surface area contributed by atoms with E-state index >= 15 is 0 Å². The predicted octanol–water partition coefficient (Wildman–Crippen LogP) is 24.6. The van der Waals surface area contributed by atoms with E-state index in [9.17, 15) is 0 Å². The molecule has 0 spiro atoms. The fraction of sp³-hybridized carbons (Fsp3) is 0.137. The molecular formula is C95H79BN4O2. The SMILES string of the molecule is Cc1cc2c3c(c1)N(c1c(C)cc(-c4oc5ccccc5c4-c4ccccc4)cc1C)c1cc(C(C)(C)C)ccc1B3c1ccc(N(c3ccc(C(C)(C)C)cc3)c3ccc4c5ccccc5n(-c5ccccc5)c4c3)cc1N2c1c(C)cc(-c2oc3ccccc3c2-c2ccccc2)cc1C. The highest BCUT2D eigenvalue weighted by Crippen LogP contribution is 2.53. The van der Waals surface area contributed by atoms with Crippen LogP contribution in [0.4, 0.5) is 51.2 Å². The van der Waals surface area contributed by atoms with Gasteiger partial charge in [-0.25, -0.2) is 0 Å². The van der Waals surface area contributed by atoms with E-state index in [1.807, 2.05) is 0 Å². The van der Waals surface area contributed by atoms with E-state index in [1.54, 1.807) is 0 Å². The third-order valence-electron chi connectivity index (χ3n) is 21.5. The predicted molar refractivity (Wildman–Crippen MR) is 432 cm³/mol. The average molecular weight is 1320 g/mol. The monoisotopic (exact) mass is 1320 g/mol. The Morgan fingerprint density at radius 3 is 1.28 bits per heavy atom. The van der Waals surface area contributed by atoms with Crippen LogP contribution in [0.25, 0.3) is 94.3 Å². The maximum Gasteiger partial charge on any atom is 0.252 e. The zero-order valence-corrected chi connectivity index (χ0v) is 59.7. The fourth-order valence-corrected chi connectivity index (χ4v) is 16.9. The Bertz CT molecular complexity index is 6000. The maximum atomic E-state index is 7.02. The van der Waals surface area contributed by atoms with E-state index in [0.29, 0.717) is 0 Å². The van der Waals surface area contributed by atoms with E-state index in [4.69, 9.17) is 8.83 Å². The van der Waals surface area contributed by atoms with E-state index in [2.05, 4.69) is 374 Å². The second-order valence-corrected chi connectivity index (χ2v) is 30.4. The van der Waals surface area contributed by atoms with Gasteiger partial charge in [0.25, 0.3) is 6.71 Å². The lowest BCUT2D eigenvalue weighted by Crippen LogP contribution is -2.61. The van der Waals surface area contributed by atoms with Gasteiger partial charge in [-0.05, 0) is 221 Å². The van der Waals surface area contributed by atoms with Crippen LogP contribution < -0.4 is 31.1 Å². The van der Waals surface area contributed by atoms with Crippen LogP contribution in [0.5, 0.6) is 0 Å². The molecule has 5 heterocycles. The molecule has 3 aromatic heterocycles. The summed E-state index contributed by atoms with van der Waals surface area (Å²) >= 11 is 0. The topological polar surface area (TPSA) is 40.9 Å². The summed E-state index contributed by atoms with van der Waals surface area (Å²) < 4.78 is 16.4. The van der Waals surface area contributed by atoms with Crippen molar-refractivity contribution in [1.29, 1.82) is 0 Å². The highest BCUT2D eigenvalue weighted by atomic mass is 16.3. The molecule has 0 unspecified atom stereocenters. The third kappa shape index (κ3) is 10.1. The summed E-state index contributed by atoms with van der Waals surface area (Å²) in [6, 6.07) is 103. The van der Waals surface area contributed by atoms with Gasteiger partial charge >= 0.3 is 0 Å². The zero-order valence-electron chi connectivity index (χ0n) is 59.7. The van der Waals surface area contributed by atoms with Gasteiger partial charge in [0.2, 0.25) is 0 Å². The van der Waals surface area contributed by atoms with Gasteiger partial charge in [-0.3, -0.25) is 0 Å². The summed E-state index contributed by atoms with van der Waals surface area (Å²) in [5, 5.41) is 4.62. The first kappa shape index (κ1) is 62.5. The Morgan fingerprint density at radius 2 is 0.755 bits per heavy atom. The largest absolute Gasteiger partial charge is 0.455 e. The lowest BCUT2D eigenvalue weighted by Gasteiger charge is -2.46. The summed E-state index contributed by atoms with van der Waals surface area (Å²) in [6.45, 7) is 25.2. The number of hydrogen-bond donors (Lipinski definition) is 0. The Balaban J connectivity index is 0.890. The number of para-hydroxylation sites is 4. The van der Waals surface area contributed by atoms with Crippen molar-refractivity contribution in [2.75, 3.05) is 14.7 Å². The highest BCUT2D eigenvalue weighted by Gasteiger charge is 2.45. The lowest BCUT2D eigenvalue weighted by atomic mass is 9.33. The first-order valence-electron chi connectivity index (χ1n) is 35.8. The molecule has 0 atom stereocenters. The Labute approximate surface area is 598 Å². The molecule has 7 heteroatoms. The number of nitrogens with zero attached hydrogens (tertiary/aromatic N) is 4. The first-order chi connectivity index (χ1) is 49.4. The molecule has 0 N–H and O–H groups in total. The normalized spacial score (nSPS) is 12.8. The number of aromatic nitrogens is 1. The number of anilines is 9. The molecule has 2 aliphatic heterocycles. The average Bonchev–Trinajstić information content (AvgIpc) is 0.944. The molecule has 0 radical (unpaired) electrons. The Morgan fingerprint density at radius 1 is 0.333 bits per heavy atom. The van der Waals surface area contributed by atoms with Crippen molar-refractivity contribution < 1.29 is 8.83 Å². The van der Waals surface area contributed by atoms with Crippen molar-refractivity contribution in [1.82, 2.24) is 4.57 Å². The number of furan rings is 2. The number of rotatable bonds is 10. The standard InChI is InChI=1S/C95H79BN4O2/c1-58-49-83-89-84(50-58)100(91-61(4)53-66(54-62(91)5)93-88(64-29-17-13-18-30-64)76-35-23-26-38-86(76)102-93)82-57-72(97(70-42-39-67(40-43-70)94(6,7)8)71-44-46-74-73-33-21-24-36-79(73)98(80(74)56-71)69-31-19-14-20-32-69)45-48-78(82)96(89)77-47-41-68(95(9,10)11)55-81(77)99(83)90-59(2)51-65(52-60(90)3)92-87(63-27-15-12-16-28-63)75-34-22-25-37-85(75)101-92/h12-57H,1-11H3. The van der Waals surface area contributed by atoms with Gasteiger partial charge in [0.05, 0.1) is 22.4 Å². The number of benzene rings is 13. The van der Waals surface area contributed by atoms with Gasteiger partial charge < -0.3 is 28.1 Å². The highest BCUT2D eigenvalue weighted by molar-refractivity contribution is 7.00. The molecule has 0 amide bonds. The van der Waals surface area contributed by atoms with Gasteiger partial charge in [-0.15, -0.1) is 0 Å². The number of fused-ring (bicyclic) bond motifs is 9. The van der Waals surface area contributed by atoms with Crippen molar-refractivity contribution in [3.63, 3.8) is 0 Å².